The summed E-state index contributed by atoms with van der Waals surface area (Å²) in [6.45, 7) is 0.648. The van der Waals surface area contributed by atoms with Gasteiger partial charge in [0.15, 0.2) is 0 Å². The van der Waals surface area contributed by atoms with Crippen molar-refractivity contribution in [3.8, 4) is 22.5 Å². The number of amides is 1. The summed E-state index contributed by atoms with van der Waals surface area (Å²) in [5.74, 6) is 0.239. The van der Waals surface area contributed by atoms with Gasteiger partial charge < -0.3 is 10.1 Å². The number of carbonyl (C=O) groups excluding carboxylic acids is 1. The number of aromatic nitrogens is 4. The van der Waals surface area contributed by atoms with Gasteiger partial charge in [-0.2, -0.15) is 14.9 Å². The van der Waals surface area contributed by atoms with Crippen molar-refractivity contribution in [2.24, 2.45) is 0 Å². The fourth-order valence-corrected chi connectivity index (χ4v) is 4.38. The molecule has 36 heavy (non-hydrogen) atoms. The summed E-state index contributed by atoms with van der Waals surface area (Å²) < 4.78 is 19.3. The molecule has 4 aromatic rings. The normalized spacial score (nSPS) is 14.9. The van der Waals surface area contributed by atoms with Crippen molar-refractivity contribution in [3.05, 3.63) is 83.9 Å². The zero-order chi connectivity index (χ0) is 24.5. The van der Waals surface area contributed by atoms with E-state index in [1.165, 1.54) is 17.1 Å². The van der Waals surface area contributed by atoms with E-state index in [-0.39, 0.29) is 12.4 Å². The number of hydrogen-bond donors (Lipinski definition) is 1. The molecule has 2 aromatic heterocycles. The summed E-state index contributed by atoms with van der Waals surface area (Å²) in [4.78, 5) is 23.9. The molecule has 6 rings (SSSR count). The molecule has 1 N–H and O–H groups in total. The third-order valence-corrected chi connectivity index (χ3v) is 6.33. The van der Waals surface area contributed by atoms with E-state index in [1.54, 1.807) is 23.1 Å². The van der Waals surface area contributed by atoms with E-state index in [2.05, 4.69) is 10.3 Å². The lowest BCUT2D eigenvalue weighted by Gasteiger charge is -2.27. The highest BCUT2D eigenvalue weighted by Crippen LogP contribution is 2.36. The Morgan fingerprint density at radius 1 is 1.08 bits per heavy atom. The maximum absolute atomic E-state index is 13.7. The molecule has 1 saturated carbocycles. The zero-order valence-corrected chi connectivity index (χ0v) is 19.6. The molecule has 1 fully saturated rings. The molecule has 0 unspecified atom stereocenters. The Labute approximate surface area is 207 Å². The minimum atomic E-state index is -0.474. The number of hydrogen-bond acceptors (Lipinski definition) is 6. The van der Waals surface area contributed by atoms with Gasteiger partial charge in [-0.15, -0.1) is 0 Å². The van der Waals surface area contributed by atoms with Crippen LogP contribution in [0.2, 0.25) is 0 Å². The quantitative estimate of drug-likeness (QED) is 0.417. The molecule has 3 heterocycles. The SMILES string of the molecule is O=C(OCc1ccccc1)N1CCCc2c(-c3ccnc(NC4CC4)n3)c(-c3ccc(F)cc3)nn21. The van der Waals surface area contributed by atoms with Crippen LogP contribution in [0.5, 0.6) is 0 Å². The Balaban J connectivity index is 1.39. The van der Waals surface area contributed by atoms with Crippen LogP contribution in [0.25, 0.3) is 22.5 Å². The number of fused-ring (bicyclic) bond motifs is 1. The molecule has 2 aliphatic rings. The lowest BCUT2D eigenvalue weighted by atomic mass is 10.0. The first-order chi connectivity index (χ1) is 17.7. The number of nitrogens with one attached hydrogen (secondary N) is 1. The van der Waals surface area contributed by atoms with Crippen LogP contribution in [0.15, 0.2) is 66.9 Å². The molecule has 0 radical (unpaired) electrons. The Morgan fingerprint density at radius 2 is 1.89 bits per heavy atom. The molecule has 0 bridgehead atoms. The molecule has 8 nitrogen and oxygen atoms in total. The Hall–Kier alpha value is -4.27. The third kappa shape index (κ3) is 4.51. The summed E-state index contributed by atoms with van der Waals surface area (Å²) in [5.41, 5.74) is 4.64. The van der Waals surface area contributed by atoms with Crippen LogP contribution < -0.4 is 10.3 Å². The van der Waals surface area contributed by atoms with Gasteiger partial charge in [0.25, 0.3) is 0 Å². The van der Waals surface area contributed by atoms with Gasteiger partial charge in [0, 0.05) is 24.3 Å². The lowest BCUT2D eigenvalue weighted by Crippen LogP contribution is -2.46. The summed E-state index contributed by atoms with van der Waals surface area (Å²) in [7, 11) is 0. The van der Waals surface area contributed by atoms with Crippen LogP contribution >= 0.6 is 0 Å². The predicted octanol–water partition coefficient (Wildman–Crippen LogP) is 4.94. The maximum Gasteiger partial charge on any atom is 0.430 e. The van der Waals surface area contributed by atoms with Gasteiger partial charge in [0.2, 0.25) is 5.95 Å². The number of nitrogens with zero attached hydrogens (tertiary/aromatic N) is 5. The van der Waals surface area contributed by atoms with Crippen LogP contribution in [0.4, 0.5) is 15.1 Å². The number of benzene rings is 2. The zero-order valence-electron chi connectivity index (χ0n) is 19.6. The van der Waals surface area contributed by atoms with E-state index < -0.39 is 6.09 Å². The van der Waals surface area contributed by atoms with E-state index in [0.29, 0.717) is 36.3 Å². The van der Waals surface area contributed by atoms with E-state index in [1.807, 2.05) is 36.4 Å². The number of ether oxygens (including phenoxy) is 1. The average Bonchev–Trinajstić information content (AvgIpc) is 3.64. The van der Waals surface area contributed by atoms with E-state index in [4.69, 9.17) is 14.8 Å². The van der Waals surface area contributed by atoms with Crippen molar-refractivity contribution >= 4 is 12.0 Å². The second-order valence-corrected chi connectivity index (χ2v) is 9.02. The van der Waals surface area contributed by atoms with Crippen LogP contribution in [0.3, 0.4) is 0 Å². The van der Waals surface area contributed by atoms with Gasteiger partial charge in [-0.3, -0.25) is 0 Å². The number of halogens is 1. The molecule has 1 aliphatic heterocycles. The van der Waals surface area contributed by atoms with Crippen molar-refractivity contribution in [3.63, 3.8) is 0 Å². The Bertz CT molecular complexity index is 1390. The highest BCUT2D eigenvalue weighted by molar-refractivity contribution is 5.84. The molecule has 1 amide bonds. The fourth-order valence-electron chi connectivity index (χ4n) is 4.38. The van der Waals surface area contributed by atoms with Gasteiger partial charge in [-0.05, 0) is 61.6 Å². The Kier molecular flexibility index (Phi) is 5.80. The smallest absolute Gasteiger partial charge is 0.430 e. The second-order valence-electron chi connectivity index (χ2n) is 9.02. The van der Waals surface area contributed by atoms with Crippen molar-refractivity contribution < 1.29 is 13.9 Å². The van der Waals surface area contributed by atoms with Crippen LogP contribution in [-0.2, 0) is 17.8 Å². The van der Waals surface area contributed by atoms with Gasteiger partial charge in [-0.1, -0.05) is 30.3 Å². The topological polar surface area (TPSA) is 85.2 Å². The molecule has 182 valence electrons. The largest absolute Gasteiger partial charge is 0.443 e. The third-order valence-electron chi connectivity index (χ3n) is 6.33. The number of anilines is 1. The van der Waals surface area contributed by atoms with Crippen LogP contribution in [0.1, 0.15) is 30.5 Å². The lowest BCUT2D eigenvalue weighted by molar-refractivity contribution is 0.137. The molecule has 9 heteroatoms. The fraction of sp³-hybridized carbons (Fsp3) is 0.259. The van der Waals surface area contributed by atoms with Crippen molar-refractivity contribution in [1.29, 1.82) is 0 Å². The van der Waals surface area contributed by atoms with E-state index in [9.17, 15) is 9.18 Å². The molecule has 1 aliphatic carbocycles. The van der Waals surface area contributed by atoms with Crippen LogP contribution in [-0.4, -0.2) is 38.5 Å². The molecular weight excluding hydrogens is 459 g/mol. The van der Waals surface area contributed by atoms with Gasteiger partial charge in [0.05, 0.1) is 17.0 Å². The summed E-state index contributed by atoms with van der Waals surface area (Å²) >= 11 is 0. The highest BCUT2D eigenvalue weighted by Gasteiger charge is 2.31. The Morgan fingerprint density at radius 3 is 2.67 bits per heavy atom. The van der Waals surface area contributed by atoms with Gasteiger partial charge in [0.1, 0.15) is 18.1 Å². The molecular formula is C27H25FN6O2. The van der Waals surface area contributed by atoms with Crippen molar-refractivity contribution in [2.75, 3.05) is 16.9 Å². The number of rotatable bonds is 6. The van der Waals surface area contributed by atoms with Crippen LogP contribution in [0, 0.1) is 5.82 Å². The van der Waals surface area contributed by atoms with E-state index in [0.717, 1.165) is 41.6 Å². The van der Waals surface area contributed by atoms with Crippen molar-refractivity contribution in [2.45, 2.75) is 38.3 Å². The molecule has 2 aromatic carbocycles. The first kappa shape index (κ1) is 22.2. The molecule has 0 spiro atoms. The maximum atomic E-state index is 13.7. The average molecular weight is 485 g/mol. The number of carbonyl (C=O) groups is 1. The minimum Gasteiger partial charge on any atom is -0.443 e. The van der Waals surface area contributed by atoms with E-state index >= 15 is 0 Å². The first-order valence-electron chi connectivity index (χ1n) is 12.1. The van der Waals surface area contributed by atoms with Gasteiger partial charge in [-0.25, -0.2) is 19.2 Å². The first-order valence-corrected chi connectivity index (χ1v) is 12.1. The molecule has 0 saturated heterocycles. The predicted molar refractivity (Wildman–Crippen MR) is 133 cm³/mol. The monoisotopic (exact) mass is 484 g/mol. The summed E-state index contributed by atoms with van der Waals surface area (Å²) in [5, 5.41) is 9.68. The minimum absolute atomic E-state index is 0.173. The second kappa shape index (κ2) is 9.41. The highest BCUT2D eigenvalue weighted by atomic mass is 19.1. The summed E-state index contributed by atoms with van der Waals surface area (Å²) in [6, 6.07) is 18.0. The summed E-state index contributed by atoms with van der Waals surface area (Å²) in [6.07, 6.45) is 4.93. The van der Waals surface area contributed by atoms with Crippen molar-refractivity contribution in [1.82, 2.24) is 19.9 Å². The standard InChI is InChI=1S/C27H25FN6O2/c28-20-10-8-19(9-11-20)25-24(22-14-15-29-26(31-22)30-21-12-13-21)23-7-4-16-33(34(23)32-25)27(35)36-17-18-5-2-1-3-6-18/h1-3,5-6,8-11,14-15,21H,4,7,12-13,16-17H2,(H,29,30,31). The van der Waals surface area contributed by atoms with Gasteiger partial charge >= 0.3 is 6.09 Å². The molecule has 0 atom stereocenters.